The Balaban J connectivity index is 1.83. The fourth-order valence-electron chi connectivity index (χ4n) is 2.67. The van der Waals surface area contributed by atoms with Crippen LogP contribution in [0.4, 0.5) is 5.00 Å². The lowest BCUT2D eigenvalue weighted by Gasteiger charge is -2.06. The van der Waals surface area contributed by atoms with Gasteiger partial charge >= 0.3 is 17.2 Å². The summed E-state index contributed by atoms with van der Waals surface area (Å²) in [5, 5.41) is 10.6. The summed E-state index contributed by atoms with van der Waals surface area (Å²) in [5.74, 6) is -3.41. The number of esters is 2. The van der Waals surface area contributed by atoms with Crippen molar-refractivity contribution in [2.45, 2.75) is 26.0 Å². The third-order valence-electron chi connectivity index (χ3n) is 4.07. The molecule has 33 heavy (non-hydrogen) atoms. The number of aromatic nitrogens is 2. The zero-order valence-corrected chi connectivity index (χ0v) is 20.2. The molecule has 11 nitrogen and oxygen atoms in total. The van der Waals surface area contributed by atoms with Gasteiger partial charge in [-0.05, 0) is 37.8 Å². The van der Waals surface area contributed by atoms with Gasteiger partial charge in [-0.2, -0.15) is 0 Å². The second-order valence-corrected chi connectivity index (χ2v) is 10.2. The van der Waals surface area contributed by atoms with Crippen molar-refractivity contribution in [1.29, 1.82) is 0 Å². The van der Waals surface area contributed by atoms with Crippen molar-refractivity contribution in [3.05, 3.63) is 33.5 Å². The Morgan fingerprint density at radius 1 is 1.12 bits per heavy atom. The van der Waals surface area contributed by atoms with Crippen molar-refractivity contribution in [3.8, 4) is 10.8 Å². The Bertz CT molecular complexity index is 1280. The van der Waals surface area contributed by atoms with E-state index in [1.165, 1.54) is 18.3 Å². The van der Waals surface area contributed by atoms with E-state index in [9.17, 15) is 22.8 Å². The van der Waals surface area contributed by atoms with Gasteiger partial charge in [-0.3, -0.25) is 4.79 Å². The van der Waals surface area contributed by atoms with Crippen molar-refractivity contribution >= 4 is 55.4 Å². The van der Waals surface area contributed by atoms with Crippen molar-refractivity contribution in [3.63, 3.8) is 0 Å². The van der Waals surface area contributed by atoms with Crippen LogP contribution in [0.2, 0.25) is 0 Å². The van der Waals surface area contributed by atoms with Crippen LogP contribution in [0.15, 0.2) is 27.2 Å². The second kappa shape index (κ2) is 10.2. The summed E-state index contributed by atoms with van der Waals surface area (Å²) in [6.45, 7) is 4.91. The van der Waals surface area contributed by atoms with Crippen molar-refractivity contribution in [2.75, 3.05) is 24.3 Å². The molecule has 0 unspecified atom stereocenters. The predicted octanol–water partition coefficient (Wildman–Crippen LogP) is 2.93. The minimum atomic E-state index is -4.27. The molecule has 0 spiro atoms. The molecule has 1 N–H and O–H groups in total. The lowest BCUT2D eigenvalue weighted by Crippen LogP contribution is -2.24. The number of nitrogens with zero attached hydrogens (tertiary/aromatic N) is 2. The smallest absolute Gasteiger partial charge is 0.348 e. The molecule has 0 fully saturated rings. The zero-order chi connectivity index (χ0) is 24.2. The van der Waals surface area contributed by atoms with Crippen LogP contribution in [0.25, 0.3) is 10.8 Å². The number of rotatable bonds is 9. The molecular formula is C19H19N3O8S3. The number of hydrogen-bond acceptors (Lipinski definition) is 12. The second-order valence-electron chi connectivity index (χ2n) is 6.36. The molecule has 0 atom stereocenters. The molecule has 14 heteroatoms. The third-order valence-corrected chi connectivity index (χ3v) is 7.45. The van der Waals surface area contributed by atoms with E-state index in [1.807, 2.05) is 0 Å². The summed E-state index contributed by atoms with van der Waals surface area (Å²) in [6, 6.07) is 3.42. The summed E-state index contributed by atoms with van der Waals surface area (Å²) in [5.41, 5.74) is 0.209. The Morgan fingerprint density at radius 3 is 2.45 bits per heavy atom. The number of sulfone groups is 1. The van der Waals surface area contributed by atoms with E-state index < -0.39 is 38.7 Å². The minimum Gasteiger partial charge on any atom is -0.462 e. The van der Waals surface area contributed by atoms with Gasteiger partial charge in [0.2, 0.25) is 15.7 Å². The molecule has 176 valence electrons. The Labute approximate surface area is 196 Å². The number of anilines is 1. The topological polar surface area (TPSA) is 155 Å². The first-order valence-electron chi connectivity index (χ1n) is 9.55. The normalized spacial score (nSPS) is 11.2. The maximum Gasteiger partial charge on any atom is 0.348 e. The van der Waals surface area contributed by atoms with Gasteiger partial charge in [0, 0.05) is 0 Å². The van der Waals surface area contributed by atoms with E-state index in [1.54, 1.807) is 31.4 Å². The van der Waals surface area contributed by atoms with Crippen molar-refractivity contribution in [1.82, 2.24) is 10.2 Å². The first kappa shape index (κ1) is 24.5. The summed E-state index contributed by atoms with van der Waals surface area (Å²) in [7, 11) is -4.27. The Kier molecular flexibility index (Phi) is 7.61. The van der Waals surface area contributed by atoms with Crippen LogP contribution in [-0.2, 0) is 24.1 Å². The predicted molar refractivity (Wildman–Crippen MR) is 119 cm³/mol. The van der Waals surface area contributed by atoms with E-state index in [-0.39, 0.29) is 40.1 Å². The number of nitrogens with one attached hydrogen (secondary N) is 1. The highest BCUT2D eigenvalue weighted by Crippen LogP contribution is 2.34. The standard InChI is InChI=1S/C19H19N3O8S3/c1-4-28-17(24)13-10(3)14(18(25)29-5-2)32-16(13)20-12(23)9-33(26,27)19-22-21-15(30-19)11-7-6-8-31-11/h6-8H,4-5,9H2,1-3H3,(H,20,23). The van der Waals surface area contributed by atoms with Crippen LogP contribution >= 0.6 is 22.7 Å². The van der Waals surface area contributed by atoms with Crippen LogP contribution in [0.5, 0.6) is 0 Å². The first-order chi connectivity index (χ1) is 15.7. The number of thiophene rings is 2. The van der Waals surface area contributed by atoms with Crippen LogP contribution < -0.4 is 5.32 Å². The van der Waals surface area contributed by atoms with Crippen LogP contribution in [0.3, 0.4) is 0 Å². The summed E-state index contributed by atoms with van der Waals surface area (Å²) in [6.07, 6.45) is 0. The highest BCUT2D eigenvalue weighted by molar-refractivity contribution is 7.91. The van der Waals surface area contributed by atoms with Gasteiger partial charge in [0.05, 0.1) is 23.7 Å². The summed E-state index contributed by atoms with van der Waals surface area (Å²) < 4.78 is 40.4. The molecule has 0 radical (unpaired) electrons. The molecule has 3 rings (SSSR count). The molecule has 3 aromatic heterocycles. The number of carbonyl (C=O) groups is 3. The monoisotopic (exact) mass is 513 g/mol. The summed E-state index contributed by atoms with van der Waals surface area (Å²) in [4.78, 5) is 37.8. The van der Waals surface area contributed by atoms with Gasteiger partial charge in [0.15, 0.2) is 0 Å². The molecule has 3 aromatic rings. The van der Waals surface area contributed by atoms with Crippen LogP contribution in [0.1, 0.15) is 39.4 Å². The largest absolute Gasteiger partial charge is 0.462 e. The van der Waals surface area contributed by atoms with Gasteiger partial charge in [-0.25, -0.2) is 18.0 Å². The van der Waals surface area contributed by atoms with Crippen molar-refractivity contribution < 1.29 is 36.7 Å². The lowest BCUT2D eigenvalue weighted by molar-refractivity contribution is -0.113. The summed E-state index contributed by atoms with van der Waals surface area (Å²) >= 11 is 2.07. The SMILES string of the molecule is CCOC(=O)c1sc(NC(=O)CS(=O)(=O)c2nnc(-c3cccs3)o2)c(C(=O)OCC)c1C. The third kappa shape index (κ3) is 5.46. The molecule has 0 aliphatic carbocycles. The van der Waals surface area contributed by atoms with Gasteiger partial charge in [0.1, 0.15) is 15.6 Å². The Hall–Kier alpha value is -3.10. The van der Waals surface area contributed by atoms with Gasteiger partial charge in [0.25, 0.3) is 5.89 Å². The van der Waals surface area contributed by atoms with E-state index >= 15 is 0 Å². The average molecular weight is 514 g/mol. The van der Waals surface area contributed by atoms with Crippen LogP contribution in [0, 0.1) is 6.92 Å². The van der Waals surface area contributed by atoms with Gasteiger partial charge in [-0.1, -0.05) is 11.2 Å². The lowest BCUT2D eigenvalue weighted by atomic mass is 10.1. The fraction of sp³-hybridized carbons (Fsp3) is 0.316. The quantitative estimate of drug-likeness (QED) is 0.422. The molecule has 0 saturated carbocycles. The minimum absolute atomic E-state index is 0.0153. The molecule has 1 amide bonds. The van der Waals surface area contributed by atoms with Crippen LogP contribution in [-0.4, -0.2) is 55.4 Å². The number of amides is 1. The number of hydrogen-bond donors (Lipinski definition) is 1. The van der Waals surface area contributed by atoms with E-state index in [2.05, 4.69) is 15.5 Å². The molecule has 0 saturated heterocycles. The molecular weight excluding hydrogens is 494 g/mol. The molecule has 3 heterocycles. The number of carbonyl (C=O) groups excluding carboxylic acids is 3. The van der Waals surface area contributed by atoms with Gasteiger partial charge in [-0.15, -0.1) is 27.8 Å². The molecule has 0 aliphatic rings. The zero-order valence-electron chi connectivity index (χ0n) is 17.7. The van der Waals surface area contributed by atoms with Gasteiger partial charge < -0.3 is 19.2 Å². The average Bonchev–Trinajstić information content (AvgIpc) is 3.48. The van der Waals surface area contributed by atoms with Crippen molar-refractivity contribution in [2.24, 2.45) is 0 Å². The molecule has 0 bridgehead atoms. The maximum atomic E-state index is 12.6. The van der Waals surface area contributed by atoms with E-state index in [0.717, 1.165) is 11.3 Å². The van der Waals surface area contributed by atoms with E-state index in [4.69, 9.17) is 13.9 Å². The highest BCUT2D eigenvalue weighted by atomic mass is 32.2. The fourth-order valence-corrected chi connectivity index (χ4v) is 5.34. The Morgan fingerprint density at radius 2 is 1.82 bits per heavy atom. The molecule has 0 aliphatic heterocycles. The highest BCUT2D eigenvalue weighted by Gasteiger charge is 2.30. The van der Waals surface area contributed by atoms with E-state index in [0.29, 0.717) is 4.88 Å². The molecule has 0 aromatic carbocycles. The first-order valence-corrected chi connectivity index (χ1v) is 12.9. The maximum absolute atomic E-state index is 12.6. The number of ether oxygens (including phenoxy) is 2.